The van der Waals surface area contributed by atoms with Gasteiger partial charge in [-0.25, -0.2) is 4.39 Å². The number of anilines is 1. The highest BCUT2D eigenvalue weighted by Crippen LogP contribution is 2.56. The number of halogens is 12. The van der Waals surface area contributed by atoms with E-state index in [0.29, 0.717) is 0 Å². The van der Waals surface area contributed by atoms with E-state index in [2.05, 4.69) is 15.9 Å². The third kappa shape index (κ3) is 3.86. The molecule has 1 atom stereocenters. The summed E-state index contributed by atoms with van der Waals surface area (Å²) in [7, 11) is 0. The molecular formula is C13H5BrClF10NS. The molecule has 0 N–H and O–H groups in total. The van der Waals surface area contributed by atoms with Crippen molar-refractivity contribution in [3.63, 3.8) is 0 Å². The summed E-state index contributed by atoms with van der Waals surface area (Å²) >= 11 is 9.13. The van der Waals surface area contributed by atoms with Crippen molar-refractivity contribution in [2.75, 3.05) is 4.90 Å². The third-order valence-electron chi connectivity index (χ3n) is 3.44. The van der Waals surface area contributed by atoms with Gasteiger partial charge in [-0.15, -0.1) is 0 Å². The van der Waals surface area contributed by atoms with E-state index in [9.17, 15) is 43.9 Å². The maximum absolute atomic E-state index is 14.2. The van der Waals surface area contributed by atoms with Crippen LogP contribution in [0.3, 0.4) is 0 Å². The zero-order valence-electron chi connectivity index (χ0n) is 12.3. The molecule has 0 aliphatic carbocycles. The van der Waals surface area contributed by atoms with Crippen molar-refractivity contribution in [2.24, 2.45) is 0 Å². The van der Waals surface area contributed by atoms with Crippen LogP contribution >= 0.6 is 39.3 Å². The molecule has 1 nitrogen and oxygen atoms in total. The summed E-state index contributed by atoms with van der Waals surface area (Å²) in [6.07, 6.45) is -17.4. The highest BCUT2D eigenvalue weighted by Gasteiger charge is 2.73. The van der Waals surface area contributed by atoms with E-state index < -0.39 is 56.4 Å². The topological polar surface area (TPSA) is 3.24 Å². The van der Waals surface area contributed by atoms with E-state index in [1.54, 1.807) is 0 Å². The summed E-state index contributed by atoms with van der Waals surface area (Å²) in [4.78, 5) is -0.377. The predicted molar refractivity (Wildman–Crippen MR) is 82.9 cm³/mol. The number of rotatable bonds is 2. The lowest BCUT2D eigenvalue weighted by atomic mass is 9.91. The number of hydrogen-bond donors (Lipinski definition) is 0. The summed E-state index contributed by atoms with van der Waals surface area (Å²) in [5, 5.41) is 1.27. The third-order valence-corrected chi connectivity index (χ3v) is 5.29. The van der Waals surface area contributed by atoms with Gasteiger partial charge >= 0.3 is 24.2 Å². The van der Waals surface area contributed by atoms with Gasteiger partial charge in [0.1, 0.15) is 0 Å². The van der Waals surface area contributed by atoms with Crippen LogP contribution in [-0.2, 0) is 11.8 Å². The van der Waals surface area contributed by atoms with Crippen molar-refractivity contribution in [3.05, 3.63) is 39.3 Å². The molecular weight excluding hydrogens is 508 g/mol. The van der Waals surface area contributed by atoms with Crippen LogP contribution in [0.25, 0.3) is 0 Å². The van der Waals surface area contributed by atoms with Crippen LogP contribution in [0.15, 0.2) is 28.2 Å². The van der Waals surface area contributed by atoms with Gasteiger partial charge in [-0.2, -0.15) is 39.5 Å². The first-order valence-electron chi connectivity index (χ1n) is 6.50. The Morgan fingerprint density at radius 1 is 0.926 bits per heavy atom. The zero-order chi connectivity index (χ0) is 21.0. The zero-order valence-corrected chi connectivity index (χ0v) is 15.4. The van der Waals surface area contributed by atoms with E-state index in [0.717, 1.165) is 22.9 Å². The standard InChI is InChI=1S/C13H5BrClF10NS/c14-7-4-5(10(16,12(20,21)22)13(23,24)25)3-6(11(17,18)19)8(7)26-1-2-27-9(26)15/h1-4,9H. The summed E-state index contributed by atoms with van der Waals surface area (Å²) in [5.41, 5.74) is -11.0. The fourth-order valence-electron chi connectivity index (χ4n) is 2.24. The average Bonchev–Trinajstić information content (AvgIpc) is 2.88. The molecule has 0 saturated carbocycles. The van der Waals surface area contributed by atoms with Crippen molar-refractivity contribution >= 4 is 45.0 Å². The van der Waals surface area contributed by atoms with E-state index in [4.69, 9.17) is 11.6 Å². The van der Waals surface area contributed by atoms with Crippen LogP contribution in [0.4, 0.5) is 49.6 Å². The van der Waals surface area contributed by atoms with Crippen molar-refractivity contribution in [1.29, 1.82) is 0 Å². The Kier molecular flexibility index (Phi) is 5.74. The van der Waals surface area contributed by atoms with Gasteiger partial charge < -0.3 is 4.90 Å². The lowest BCUT2D eigenvalue weighted by Crippen LogP contribution is -2.50. The molecule has 0 amide bonds. The van der Waals surface area contributed by atoms with Crippen LogP contribution in [0.1, 0.15) is 11.1 Å². The van der Waals surface area contributed by atoms with Gasteiger partial charge in [0.25, 0.3) is 0 Å². The first-order chi connectivity index (χ1) is 12.0. The van der Waals surface area contributed by atoms with E-state index >= 15 is 0 Å². The maximum atomic E-state index is 14.2. The van der Waals surface area contributed by atoms with E-state index in [1.807, 2.05) is 0 Å². The second-order valence-electron chi connectivity index (χ2n) is 5.13. The molecule has 1 heterocycles. The quantitative estimate of drug-likeness (QED) is 0.232. The maximum Gasteiger partial charge on any atom is 0.435 e. The summed E-state index contributed by atoms with van der Waals surface area (Å²) < 4.78 is 131. The molecule has 1 aromatic rings. The van der Waals surface area contributed by atoms with Crippen molar-refractivity contribution < 1.29 is 43.9 Å². The number of benzene rings is 1. The molecule has 1 unspecified atom stereocenters. The SMILES string of the molecule is FC(F)(F)c1cc(C(F)(C(F)(F)F)C(F)(F)F)cc(Br)c1N1C=CSC1Cl. The molecule has 152 valence electrons. The second-order valence-corrected chi connectivity index (χ2v) is 7.64. The van der Waals surface area contributed by atoms with Gasteiger partial charge in [-0.05, 0) is 33.5 Å². The van der Waals surface area contributed by atoms with Crippen molar-refractivity contribution in [1.82, 2.24) is 0 Å². The lowest BCUT2D eigenvalue weighted by molar-refractivity contribution is -0.348. The number of alkyl halides is 11. The van der Waals surface area contributed by atoms with Crippen LogP contribution in [-0.4, -0.2) is 17.2 Å². The van der Waals surface area contributed by atoms with E-state index in [-0.39, 0.29) is 6.07 Å². The molecule has 1 aliphatic rings. The van der Waals surface area contributed by atoms with E-state index in [1.165, 1.54) is 5.41 Å². The Morgan fingerprint density at radius 2 is 1.44 bits per heavy atom. The highest BCUT2D eigenvalue weighted by atomic mass is 79.9. The number of hydrogen-bond acceptors (Lipinski definition) is 2. The summed E-state index contributed by atoms with van der Waals surface area (Å²) in [6, 6.07) is -0.506. The molecule has 0 saturated heterocycles. The summed E-state index contributed by atoms with van der Waals surface area (Å²) in [6.45, 7) is 0. The van der Waals surface area contributed by atoms with Gasteiger partial charge in [0.15, 0.2) is 4.83 Å². The highest BCUT2D eigenvalue weighted by molar-refractivity contribution is 9.10. The van der Waals surface area contributed by atoms with Gasteiger partial charge in [0.05, 0.1) is 11.3 Å². The van der Waals surface area contributed by atoms with Crippen molar-refractivity contribution in [3.8, 4) is 0 Å². The molecule has 0 aromatic heterocycles. The average molecular weight is 513 g/mol. The Bertz CT molecular complexity index is 743. The minimum absolute atomic E-state index is 0.00594. The fraction of sp³-hybridized carbons (Fsp3) is 0.385. The van der Waals surface area contributed by atoms with Gasteiger partial charge in [-0.1, -0.05) is 23.4 Å². The molecule has 0 radical (unpaired) electrons. The van der Waals surface area contributed by atoms with Crippen LogP contribution in [0, 0.1) is 0 Å². The Hall–Kier alpha value is -0.820. The Balaban J connectivity index is 2.82. The molecule has 2 rings (SSSR count). The second kappa shape index (κ2) is 6.90. The number of thioether (sulfide) groups is 1. The molecule has 0 fully saturated rings. The monoisotopic (exact) mass is 511 g/mol. The van der Waals surface area contributed by atoms with Crippen molar-refractivity contribution in [2.45, 2.75) is 29.0 Å². The predicted octanol–water partition coefficient (Wildman–Crippen LogP) is 7.30. The minimum atomic E-state index is -6.55. The van der Waals surface area contributed by atoms with Crippen LogP contribution in [0.5, 0.6) is 0 Å². The van der Waals surface area contributed by atoms with Gasteiger partial charge in [-0.3, -0.25) is 0 Å². The normalized spacial score (nSPS) is 19.1. The Labute approximate surface area is 162 Å². The Morgan fingerprint density at radius 3 is 1.81 bits per heavy atom. The number of nitrogens with zero attached hydrogens (tertiary/aromatic N) is 1. The molecule has 1 aliphatic heterocycles. The van der Waals surface area contributed by atoms with Gasteiger partial charge in [0.2, 0.25) is 0 Å². The fourth-order valence-corrected chi connectivity index (χ4v) is 3.88. The van der Waals surface area contributed by atoms with Crippen LogP contribution in [0.2, 0.25) is 0 Å². The first kappa shape index (κ1) is 22.5. The molecule has 14 heteroatoms. The first-order valence-corrected chi connectivity index (χ1v) is 8.67. The van der Waals surface area contributed by atoms with Crippen LogP contribution < -0.4 is 4.90 Å². The molecule has 1 aromatic carbocycles. The lowest BCUT2D eigenvalue weighted by Gasteiger charge is -2.32. The smallest absolute Gasteiger partial charge is 0.320 e. The summed E-state index contributed by atoms with van der Waals surface area (Å²) in [5.74, 6) is 0. The molecule has 27 heavy (non-hydrogen) atoms. The molecule has 0 bridgehead atoms. The largest absolute Gasteiger partial charge is 0.435 e. The minimum Gasteiger partial charge on any atom is -0.320 e. The molecule has 0 spiro atoms. The van der Waals surface area contributed by atoms with Gasteiger partial charge in [0, 0.05) is 16.2 Å².